The summed E-state index contributed by atoms with van der Waals surface area (Å²) in [6.07, 6.45) is 2.06. The number of ether oxygens (including phenoxy) is 1. The minimum absolute atomic E-state index is 0.0429. The van der Waals surface area contributed by atoms with Gasteiger partial charge >= 0.3 is 0 Å². The summed E-state index contributed by atoms with van der Waals surface area (Å²) in [6.45, 7) is 6.04. The standard InChI is InChI=1S/C21H27NO2/c1-4-20(24-19-14-10-16(2)11-15-19)21(23)22-17(3)12-13-18-8-6-5-7-9-18/h5-11,14-15,17,20H,4,12-13H2,1-3H3,(H,22,23)/t17-,20+/m0/s1. The zero-order valence-corrected chi connectivity index (χ0v) is 14.8. The highest BCUT2D eigenvalue weighted by Crippen LogP contribution is 2.15. The summed E-state index contributed by atoms with van der Waals surface area (Å²) >= 11 is 0. The van der Waals surface area contributed by atoms with Gasteiger partial charge in [-0.05, 0) is 50.8 Å². The van der Waals surface area contributed by atoms with E-state index >= 15 is 0 Å². The van der Waals surface area contributed by atoms with E-state index in [-0.39, 0.29) is 11.9 Å². The quantitative estimate of drug-likeness (QED) is 0.786. The molecule has 1 amide bonds. The summed E-state index contributed by atoms with van der Waals surface area (Å²) < 4.78 is 5.83. The fraction of sp³-hybridized carbons (Fsp3) is 0.381. The van der Waals surface area contributed by atoms with Gasteiger partial charge in [0.15, 0.2) is 6.10 Å². The smallest absolute Gasteiger partial charge is 0.261 e. The van der Waals surface area contributed by atoms with Crippen LogP contribution in [0.15, 0.2) is 54.6 Å². The molecule has 1 N–H and O–H groups in total. The number of carbonyl (C=O) groups excluding carboxylic acids is 1. The largest absolute Gasteiger partial charge is 0.481 e. The highest BCUT2D eigenvalue weighted by molar-refractivity contribution is 5.81. The van der Waals surface area contributed by atoms with Crippen LogP contribution < -0.4 is 10.1 Å². The van der Waals surface area contributed by atoms with Crippen LogP contribution in [0.3, 0.4) is 0 Å². The maximum Gasteiger partial charge on any atom is 0.261 e. The zero-order chi connectivity index (χ0) is 17.4. The number of aryl methyl sites for hydroxylation is 2. The van der Waals surface area contributed by atoms with Crippen LogP contribution in [-0.2, 0) is 11.2 Å². The predicted molar refractivity (Wildman–Crippen MR) is 98.3 cm³/mol. The molecule has 0 saturated carbocycles. The lowest BCUT2D eigenvalue weighted by atomic mass is 10.1. The van der Waals surface area contributed by atoms with Crippen LogP contribution in [0.25, 0.3) is 0 Å². The van der Waals surface area contributed by atoms with E-state index < -0.39 is 6.10 Å². The van der Waals surface area contributed by atoms with Crippen molar-refractivity contribution in [2.45, 2.75) is 52.2 Å². The van der Waals surface area contributed by atoms with Crippen molar-refractivity contribution in [2.75, 3.05) is 0 Å². The average Bonchev–Trinajstić information content (AvgIpc) is 2.60. The van der Waals surface area contributed by atoms with E-state index in [1.165, 1.54) is 11.1 Å². The van der Waals surface area contributed by atoms with Crippen molar-refractivity contribution in [1.29, 1.82) is 0 Å². The Morgan fingerprint density at radius 3 is 2.38 bits per heavy atom. The lowest BCUT2D eigenvalue weighted by Gasteiger charge is -2.20. The Labute approximate surface area is 145 Å². The van der Waals surface area contributed by atoms with Crippen molar-refractivity contribution in [2.24, 2.45) is 0 Å². The number of carbonyl (C=O) groups is 1. The molecule has 2 rings (SSSR count). The van der Waals surface area contributed by atoms with Gasteiger partial charge in [0.25, 0.3) is 5.91 Å². The maximum atomic E-state index is 12.4. The molecule has 0 radical (unpaired) electrons. The van der Waals surface area contributed by atoms with Crippen molar-refractivity contribution in [3.63, 3.8) is 0 Å². The van der Waals surface area contributed by atoms with Crippen molar-refractivity contribution in [3.05, 3.63) is 65.7 Å². The number of hydrogen-bond donors (Lipinski definition) is 1. The molecular weight excluding hydrogens is 298 g/mol. The fourth-order valence-corrected chi connectivity index (χ4v) is 2.54. The summed E-state index contributed by atoms with van der Waals surface area (Å²) in [6, 6.07) is 18.2. The van der Waals surface area contributed by atoms with Gasteiger partial charge in [0.05, 0.1) is 0 Å². The Hall–Kier alpha value is -2.29. The molecule has 128 valence electrons. The second-order valence-electron chi connectivity index (χ2n) is 6.26. The first-order chi connectivity index (χ1) is 11.6. The first-order valence-electron chi connectivity index (χ1n) is 8.66. The summed E-state index contributed by atoms with van der Waals surface area (Å²) in [5.41, 5.74) is 2.47. The predicted octanol–water partition coefficient (Wildman–Crippen LogP) is 4.29. The molecule has 0 aliphatic heterocycles. The Morgan fingerprint density at radius 1 is 1.08 bits per heavy atom. The van der Waals surface area contributed by atoms with Gasteiger partial charge in [-0.3, -0.25) is 4.79 Å². The molecule has 2 atom stereocenters. The van der Waals surface area contributed by atoms with Gasteiger partial charge in [-0.25, -0.2) is 0 Å². The molecule has 0 unspecified atom stereocenters. The molecule has 0 aliphatic rings. The second-order valence-corrected chi connectivity index (χ2v) is 6.26. The summed E-state index contributed by atoms with van der Waals surface area (Å²) in [4.78, 5) is 12.4. The van der Waals surface area contributed by atoms with Gasteiger partial charge in [0.1, 0.15) is 5.75 Å². The van der Waals surface area contributed by atoms with E-state index in [0.717, 1.165) is 18.6 Å². The Balaban J connectivity index is 1.83. The van der Waals surface area contributed by atoms with Crippen LogP contribution in [0.1, 0.15) is 37.8 Å². The van der Waals surface area contributed by atoms with Crippen LogP contribution in [0, 0.1) is 6.92 Å². The molecule has 0 heterocycles. The third kappa shape index (κ3) is 5.73. The molecule has 24 heavy (non-hydrogen) atoms. The van der Waals surface area contributed by atoms with E-state index in [1.54, 1.807) is 0 Å². The van der Waals surface area contributed by atoms with E-state index in [9.17, 15) is 4.79 Å². The summed E-state index contributed by atoms with van der Waals surface area (Å²) in [7, 11) is 0. The number of hydrogen-bond acceptors (Lipinski definition) is 2. The number of rotatable bonds is 8. The van der Waals surface area contributed by atoms with Crippen LogP contribution in [0.4, 0.5) is 0 Å². The maximum absolute atomic E-state index is 12.4. The molecule has 0 fully saturated rings. The van der Waals surface area contributed by atoms with Gasteiger partial charge in [0, 0.05) is 6.04 Å². The average molecular weight is 325 g/mol. The fourth-order valence-electron chi connectivity index (χ4n) is 2.54. The van der Waals surface area contributed by atoms with Gasteiger partial charge < -0.3 is 10.1 Å². The Morgan fingerprint density at radius 2 is 1.75 bits per heavy atom. The summed E-state index contributed by atoms with van der Waals surface area (Å²) in [5, 5.41) is 3.07. The van der Waals surface area contributed by atoms with E-state index in [4.69, 9.17) is 4.74 Å². The highest BCUT2D eigenvalue weighted by Gasteiger charge is 2.20. The second kappa shape index (κ2) is 9.11. The van der Waals surface area contributed by atoms with Crippen LogP contribution >= 0.6 is 0 Å². The molecular formula is C21H27NO2. The van der Waals surface area contributed by atoms with Gasteiger partial charge in [-0.2, -0.15) is 0 Å². The summed E-state index contributed by atoms with van der Waals surface area (Å²) in [5.74, 6) is 0.693. The molecule has 3 nitrogen and oxygen atoms in total. The highest BCUT2D eigenvalue weighted by atomic mass is 16.5. The normalized spacial score (nSPS) is 13.1. The monoisotopic (exact) mass is 325 g/mol. The van der Waals surface area contributed by atoms with Crippen LogP contribution in [-0.4, -0.2) is 18.1 Å². The van der Waals surface area contributed by atoms with Gasteiger partial charge in [-0.15, -0.1) is 0 Å². The SMILES string of the molecule is CC[C@@H](Oc1ccc(C)cc1)C(=O)N[C@@H](C)CCc1ccccc1. The lowest BCUT2D eigenvalue weighted by molar-refractivity contribution is -0.128. The van der Waals surface area contributed by atoms with Crippen molar-refractivity contribution in [1.82, 2.24) is 5.32 Å². The van der Waals surface area contributed by atoms with Crippen molar-refractivity contribution < 1.29 is 9.53 Å². The van der Waals surface area contributed by atoms with E-state index in [2.05, 4.69) is 17.4 Å². The third-order valence-electron chi connectivity index (χ3n) is 4.06. The van der Waals surface area contributed by atoms with Gasteiger partial charge in [-0.1, -0.05) is 55.0 Å². The molecule has 3 heteroatoms. The minimum Gasteiger partial charge on any atom is -0.481 e. The molecule has 0 aromatic heterocycles. The molecule has 0 aliphatic carbocycles. The number of amides is 1. The van der Waals surface area contributed by atoms with E-state index in [0.29, 0.717) is 6.42 Å². The Bertz CT molecular complexity index is 622. The molecule has 2 aromatic carbocycles. The van der Waals surface area contributed by atoms with E-state index in [1.807, 2.05) is 63.2 Å². The zero-order valence-electron chi connectivity index (χ0n) is 14.8. The van der Waals surface area contributed by atoms with Crippen LogP contribution in [0.5, 0.6) is 5.75 Å². The molecule has 2 aromatic rings. The van der Waals surface area contributed by atoms with Crippen LogP contribution in [0.2, 0.25) is 0 Å². The molecule has 0 bridgehead atoms. The number of nitrogens with one attached hydrogen (secondary N) is 1. The Kier molecular flexibility index (Phi) is 6.86. The molecule has 0 spiro atoms. The molecule has 0 saturated heterocycles. The van der Waals surface area contributed by atoms with Crippen molar-refractivity contribution in [3.8, 4) is 5.75 Å². The lowest BCUT2D eigenvalue weighted by Crippen LogP contribution is -2.42. The number of benzene rings is 2. The van der Waals surface area contributed by atoms with Crippen molar-refractivity contribution >= 4 is 5.91 Å². The third-order valence-corrected chi connectivity index (χ3v) is 4.06. The topological polar surface area (TPSA) is 38.3 Å². The van der Waals surface area contributed by atoms with Gasteiger partial charge in [0.2, 0.25) is 0 Å². The first kappa shape index (κ1) is 18.1. The first-order valence-corrected chi connectivity index (χ1v) is 8.66. The minimum atomic E-state index is -0.452.